The van der Waals surface area contributed by atoms with E-state index in [0.717, 1.165) is 4.88 Å². The van der Waals surface area contributed by atoms with Crippen molar-refractivity contribution >= 4 is 35.0 Å². The molecule has 9 heteroatoms. The highest BCUT2D eigenvalue weighted by Gasteiger charge is 2.52. The number of thiophene rings is 1. The third kappa shape index (κ3) is 3.31. The predicted molar refractivity (Wildman–Crippen MR) is 97.8 cm³/mol. The second-order valence-electron chi connectivity index (χ2n) is 7.33. The fourth-order valence-electron chi connectivity index (χ4n) is 4.36. The Hall–Kier alpha value is -2.42. The molecule has 0 aliphatic carbocycles. The Labute approximate surface area is 160 Å². The van der Waals surface area contributed by atoms with Gasteiger partial charge in [-0.15, -0.1) is 11.3 Å². The highest BCUT2D eigenvalue weighted by atomic mass is 32.1. The fraction of sp³-hybridized carbons (Fsp3) is 0.556. The smallest absolute Gasteiger partial charge is 0.248 e. The molecule has 144 valence electrons. The zero-order valence-electron chi connectivity index (χ0n) is 15.0. The van der Waals surface area contributed by atoms with Crippen molar-refractivity contribution in [3.63, 3.8) is 0 Å². The summed E-state index contributed by atoms with van der Waals surface area (Å²) >= 11 is 1.51. The molecule has 1 aromatic rings. The van der Waals surface area contributed by atoms with E-state index in [4.69, 9.17) is 0 Å². The van der Waals surface area contributed by atoms with Crippen LogP contribution >= 0.6 is 11.3 Å². The van der Waals surface area contributed by atoms with Gasteiger partial charge in [0.1, 0.15) is 12.1 Å². The lowest BCUT2D eigenvalue weighted by molar-refractivity contribution is -0.144. The Morgan fingerprint density at radius 3 is 2.89 bits per heavy atom. The molecule has 3 aliphatic rings. The molecule has 8 nitrogen and oxygen atoms in total. The molecule has 4 atom stereocenters. The number of nitrogens with zero attached hydrogens (tertiary/aromatic N) is 2. The van der Waals surface area contributed by atoms with Crippen LogP contribution < -0.4 is 10.6 Å². The molecule has 0 aromatic carbocycles. The van der Waals surface area contributed by atoms with Gasteiger partial charge in [0.15, 0.2) is 0 Å². The minimum atomic E-state index is -0.664. The summed E-state index contributed by atoms with van der Waals surface area (Å²) in [5, 5.41) is 7.67. The average Bonchev–Trinajstić information content (AvgIpc) is 3.32. The summed E-state index contributed by atoms with van der Waals surface area (Å²) in [4.78, 5) is 54.1. The van der Waals surface area contributed by atoms with E-state index < -0.39 is 12.1 Å². The van der Waals surface area contributed by atoms with Gasteiger partial charge in [0.05, 0.1) is 12.5 Å². The van der Waals surface area contributed by atoms with Crippen LogP contribution in [0.15, 0.2) is 17.5 Å². The van der Waals surface area contributed by atoms with Gasteiger partial charge >= 0.3 is 0 Å². The first-order chi connectivity index (χ1) is 12.9. The number of hydrogen-bond acceptors (Lipinski definition) is 5. The van der Waals surface area contributed by atoms with E-state index in [0.29, 0.717) is 25.9 Å². The first-order valence-electron chi connectivity index (χ1n) is 9.14. The van der Waals surface area contributed by atoms with Crippen LogP contribution in [0.3, 0.4) is 0 Å². The van der Waals surface area contributed by atoms with E-state index in [1.165, 1.54) is 23.2 Å². The average molecular weight is 390 g/mol. The first kappa shape index (κ1) is 18.0. The number of hydrogen-bond donors (Lipinski definition) is 2. The molecule has 27 heavy (non-hydrogen) atoms. The van der Waals surface area contributed by atoms with Gasteiger partial charge in [0.2, 0.25) is 23.6 Å². The molecule has 0 radical (unpaired) electrons. The molecule has 2 N–H and O–H groups in total. The molecular weight excluding hydrogens is 368 g/mol. The molecule has 0 spiro atoms. The first-order valence-corrected chi connectivity index (χ1v) is 10.0. The van der Waals surface area contributed by atoms with Crippen molar-refractivity contribution in [2.75, 3.05) is 13.1 Å². The van der Waals surface area contributed by atoms with Crippen LogP contribution in [0.5, 0.6) is 0 Å². The number of nitrogens with one attached hydrogen (secondary N) is 2. The zero-order valence-corrected chi connectivity index (χ0v) is 15.8. The van der Waals surface area contributed by atoms with Crippen LogP contribution in [-0.4, -0.2) is 70.7 Å². The van der Waals surface area contributed by atoms with Crippen molar-refractivity contribution in [2.24, 2.45) is 0 Å². The SMILES string of the molecule is CC(=O)N[C@@H]1C[C@H]2C(=O)N[C@@H]3CCN(C(=O)Cc4cccs4)[C@@H]3C(=O)N2C1. The second-order valence-corrected chi connectivity index (χ2v) is 8.36. The molecular formula is C18H22N4O4S. The molecule has 1 aromatic heterocycles. The second kappa shape index (κ2) is 6.95. The van der Waals surface area contributed by atoms with E-state index in [9.17, 15) is 19.2 Å². The van der Waals surface area contributed by atoms with Gasteiger partial charge < -0.3 is 20.4 Å². The molecule has 3 fully saturated rings. The minimum Gasteiger partial charge on any atom is -0.352 e. The maximum Gasteiger partial charge on any atom is 0.248 e. The van der Waals surface area contributed by atoms with Crippen molar-refractivity contribution in [3.05, 3.63) is 22.4 Å². The third-order valence-corrected chi connectivity index (χ3v) is 6.38. The molecule has 0 bridgehead atoms. The summed E-state index contributed by atoms with van der Waals surface area (Å²) < 4.78 is 0. The van der Waals surface area contributed by atoms with Crippen LogP contribution in [0.2, 0.25) is 0 Å². The van der Waals surface area contributed by atoms with Crippen LogP contribution in [0.1, 0.15) is 24.6 Å². The van der Waals surface area contributed by atoms with Crippen molar-refractivity contribution in [1.29, 1.82) is 0 Å². The lowest BCUT2D eigenvalue weighted by atomic mass is 10.1. The Balaban J connectivity index is 1.54. The molecule has 0 unspecified atom stereocenters. The molecule has 4 heterocycles. The zero-order chi connectivity index (χ0) is 19.1. The molecule has 4 amide bonds. The maximum atomic E-state index is 13.2. The number of carbonyl (C=O) groups is 4. The summed E-state index contributed by atoms with van der Waals surface area (Å²) in [5.74, 6) is -0.676. The standard InChI is InChI=1S/C18H22N4O4S/c1-10(23)19-11-7-14-17(25)20-13-4-5-21(16(13)18(26)22(14)9-11)15(24)8-12-3-2-6-27-12/h2-3,6,11,13-14,16H,4-5,7-9H2,1H3,(H,19,23)(H,20,25)/t11-,13-,14+,16+/m1/s1. The van der Waals surface area contributed by atoms with Crippen molar-refractivity contribution in [2.45, 2.75) is 50.4 Å². The highest BCUT2D eigenvalue weighted by Crippen LogP contribution is 2.29. The predicted octanol–water partition coefficient (Wildman–Crippen LogP) is -0.504. The summed E-state index contributed by atoms with van der Waals surface area (Å²) in [5.41, 5.74) is 0. The molecule has 0 saturated carbocycles. The maximum absolute atomic E-state index is 13.2. The van der Waals surface area contributed by atoms with Gasteiger partial charge in [-0.25, -0.2) is 0 Å². The lowest BCUT2D eigenvalue weighted by Crippen LogP contribution is -2.52. The fourth-order valence-corrected chi connectivity index (χ4v) is 5.06. The quantitative estimate of drug-likeness (QED) is 0.727. The highest BCUT2D eigenvalue weighted by molar-refractivity contribution is 7.10. The van der Waals surface area contributed by atoms with E-state index in [-0.39, 0.29) is 42.1 Å². The molecule has 4 rings (SSSR count). The topological polar surface area (TPSA) is 98.8 Å². The normalized spacial score (nSPS) is 29.8. The van der Waals surface area contributed by atoms with Gasteiger partial charge in [0.25, 0.3) is 0 Å². The third-order valence-electron chi connectivity index (χ3n) is 5.50. The van der Waals surface area contributed by atoms with E-state index in [1.54, 1.807) is 4.90 Å². The minimum absolute atomic E-state index is 0.0939. The number of carbonyl (C=O) groups excluding carboxylic acids is 4. The Morgan fingerprint density at radius 2 is 2.19 bits per heavy atom. The number of likely N-dealkylation sites (tertiary alicyclic amines) is 1. The summed E-state index contributed by atoms with van der Waals surface area (Å²) in [6, 6.07) is 1.96. The summed E-state index contributed by atoms with van der Waals surface area (Å²) in [6.07, 6.45) is 1.24. The lowest BCUT2D eigenvalue weighted by Gasteiger charge is -2.29. The van der Waals surface area contributed by atoms with Crippen molar-refractivity contribution in [3.8, 4) is 0 Å². The molecule has 3 aliphatic heterocycles. The summed E-state index contributed by atoms with van der Waals surface area (Å²) in [6.45, 7) is 2.18. The number of rotatable bonds is 3. The van der Waals surface area contributed by atoms with Gasteiger partial charge in [0, 0.05) is 30.9 Å². The van der Waals surface area contributed by atoms with Gasteiger partial charge in [-0.3, -0.25) is 19.2 Å². The van der Waals surface area contributed by atoms with Crippen LogP contribution in [0.4, 0.5) is 0 Å². The van der Waals surface area contributed by atoms with E-state index in [1.807, 2.05) is 17.5 Å². The van der Waals surface area contributed by atoms with Crippen molar-refractivity contribution in [1.82, 2.24) is 20.4 Å². The Kier molecular flexibility index (Phi) is 4.63. The van der Waals surface area contributed by atoms with Gasteiger partial charge in [-0.2, -0.15) is 0 Å². The van der Waals surface area contributed by atoms with Gasteiger partial charge in [-0.1, -0.05) is 6.07 Å². The van der Waals surface area contributed by atoms with Crippen LogP contribution in [0.25, 0.3) is 0 Å². The van der Waals surface area contributed by atoms with Crippen LogP contribution in [0, 0.1) is 0 Å². The number of amides is 4. The summed E-state index contributed by atoms with van der Waals surface area (Å²) in [7, 11) is 0. The van der Waals surface area contributed by atoms with Crippen molar-refractivity contribution < 1.29 is 19.2 Å². The van der Waals surface area contributed by atoms with E-state index in [2.05, 4.69) is 10.6 Å². The Morgan fingerprint density at radius 1 is 1.37 bits per heavy atom. The largest absolute Gasteiger partial charge is 0.352 e. The van der Waals surface area contributed by atoms with E-state index >= 15 is 0 Å². The van der Waals surface area contributed by atoms with Gasteiger partial charge in [-0.05, 0) is 24.3 Å². The van der Waals surface area contributed by atoms with Crippen LogP contribution in [-0.2, 0) is 25.6 Å². The molecule has 3 saturated heterocycles. The Bertz CT molecular complexity index is 780. The monoisotopic (exact) mass is 390 g/mol. The number of fused-ring (bicyclic) bond motifs is 2.